The van der Waals surface area contributed by atoms with Gasteiger partial charge in [0.2, 0.25) is 0 Å². The molecule has 0 amide bonds. The van der Waals surface area contributed by atoms with E-state index >= 15 is 0 Å². The van der Waals surface area contributed by atoms with Gasteiger partial charge in [0, 0.05) is 34.4 Å². The molecule has 2 heterocycles. The standard InChI is InChI=1S/C28H18Br2N2O/c29-17-19-33-28-24(25(30)20-32-27(28)26-12-6-7-18-31-26)16-15-23-11-5-4-10-22(23)14-13-21-8-2-1-3-9-21/h1-12,18,20H,17,19H2. The van der Waals surface area contributed by atoms with Crippen molar-refractivity contribution in [3.8, 4) is 40.8 Å². The fourth-order valence-corrected chi connectivity index (χ4v) is 3.59. The monoisotopic (exact) mass is 556 g/mol. The Kier molecular flexibility index (Phi) is 7.93. The van der Waals surface area contributed by atoms with Gasteiger partial charge in [-0.15, -0.1) is 0 Å². The minimum absolute atomic E-state index is 0.478. The van der Waals surface area contributed by atoms with Gasteiger partial charge in [0.15, 0.2) is 5.75 Å². The summed E-state index contributed by atoms with van der Waals surface area (Å²) in [7, 11) is 0. The minimum Gasteiger partial charge on any atom is -0.489 e. The largest absolute Gasteiger partial charge is 0.489 e. The maximum absolute atomic E-state index is 6.07. The van der Waals surface area contributed by atoms with Gasteiger partial charge < -0.3 is 4.74 Å². The number of pyridine rings is 2. The maximum atomic E-state index is 6.07. The van der Waals surface area contributed by atoms with Crippen molar-refractivity contribution in [1.82, 2.24) is 9.97 Å². The lowest BCUT2D eigenvalue weighted by Crippen LogP contribution is -2.04. The highest BCUT2D eigenvalue weighted by Gasteiger charge is 2.16. The molecule has 0 fully saturated rings. The average Bonchev–Trinajstić information content (AvgIpc) is 2.87. The molecule has 0 aliphatic rings. The molecule has 0 atom stereocenters. The van der Waals surface area contributed by atoms with Crippen LogP contribution < -0.4 is 4.74 Å². The highest BCUT2D eigenvalue weighted by Crippen LogP contribution is 2.34. The second kappa shape index (κ2) is 11.5. The van der Waals surface area contributed by atoms with Crippen LogP contribution in [0, 0.1) is 23.7 Å². The Morgan fingerprint density at radius 1 is 0.758 bits per heavy atom. The molecule has 4 aromatic rings. The molecule has 0 spiro atoms. The fraction of sp³-hybridized carbons (Fsp3) is 0.0714. The van der Waals surface area contributed by atoms with Gasteiger partial charge in [-0.2, -0.15) is 0 Å². The molecule has 0 aliphatic heterocycles. The molecule has 2 aromatic heterocycles. The predicted octanol–water partition coefficient (Wildman–Crippen LogP) is 6.48. The molecule has 160 valence electrons. The van der Waals surface area contributed by atoms with E-state index in [9.17, 15) is 0 Å². The number of ether oxygens (including phenoxy) is 1. The van der Waals surface area contributed by atoms with E-state index in [1.165, 1.54) is 0 Å². The first-order valence-corrected chi connectivity index (χ1v) is 12.1. The summed E-state index contributed by atoms with van der Waals surface area (Å²) in [6.07, 6.45) is 3.47. The Balaban J connectivity index is 1.77. The Bertz CT molecular complexity index is 1370. The molecule has 4 rings (SSSR count). The number of hydrogen-bond donors (Lipinski definition) is 0. The zero-order valence-corrected chi connectivity index (χ0v) is 20.7. The molecule has 5 heteroatoms. The zero-order chi connectivity index (χ0) is 22.9. The van der Waals surface area contributed by atoms with Crippen LogP contribution >= 0.6 is 31.9 Å². The first-order chi connectivity index (χ1) is 16.3. The van der Waals surface area contributed by atoms with Crippen molar-refractivity contribution in [2.45, 2.75) is 0 Å². The number of benzene rings is 2. The third-order valence-corrected chi connectivity index (χ3v) is 5.51. The van der Waals surface area contributed by atoms with Crippen molar-refractivity contribution in [1.29, 1.82) is 0 Å². The number of halogens is 2. The molecule has 0 radical (unpaired) electrons. The lowest BCUT2D eigenvalue weighted by Gasteiger charge is -2.13. The van der Waals surface area contributed by atoms with Crippen LogP contribution in [0.4, 0.5) is 0 Å². The third kappa shape index (κ3) is 5.90. The van der Waals surface area contributed by atoms with Crippen LogP contribution in [0.5, 0.6) is 5.75 Å². The van der Waals surface area contributed by atoms with Crippen molar-refractivity contribution in [3.05, 3.63) is 112 Å². The van der Waals surface area contributed by atoms with Gasteiger partial charge in [0.1, 0.15) is 5.69 Å². The second-order valence-electron chi connectivity index (χ2n) is 6.82. The van der Waals surface area contributed by atoms with E-state index in [4.69, 9.17) is 4.74 Å². The third-order valence-electron chi connectivity index (χ3n) is 4.58. The Morgan fingerprint density at radius 3 is 2.15 bits per heavy atom. The summed E-state index contributed by atoms with van der Waals surface area (Å²) in [4.78, 5) is 9.00. The van der Waals surface area contributed by atoms with E-state index in [0.717, 1.165) is 32.4 Å². The minimum atomic E-state index is 0.478. The Morgan fingerprint density at radius 2 is 1.45 bits per heavy atom. The molecule has 0 N–H and O–H groups in total. The van der Waals surface area contributed by atoms with Crippen molar-refractivity contribution in [2.75, 3.05) is 11.9 Å². The number of nitrogens with zero attached hydrogens (tertiary/aromatic N) is 2. The van der Waals surface area contributed by atoms with E-state index in [0.29, 0.717) is 23.4 Å². The average molecular weight is 558 g/mol. The molecule has 0 aliphatic carbocycles. The molecule has 3 nitrogen and oxygen atoms in total. The molecule has 0 bridgehead atoms. The smallest absolute Gasteiger partial charge is 0.163 e. The first-order valence-electron chi connectivity index (χ1n) is 10.2. The van der Waals surface area contributed by atoms with Gasteiger partial charge in [0.05, 0.1) is 22.3 Å². The Hall–Kier alpha value is -3.38. The lowest BCUT2D eigenvalue weighted by molar-refractivity contribution is 0.344. The summed E-state index contributed by atoms with van der Waals surface area (Å²) < 4.78 is 6.82. The highest BCUT2D eigenvalue weighted by molar-refractivity contribution is 9.10. The van der Waals surface area contributed by atoms with Crippen LogP contribution in [-0.4, -0.2) is 21.9 Å². The van der Waals surface area contributed by atoms with Gasteiger partial charge in [-0.25, -0.2) is 4.98 Å². The fourth-order valence-electron chi connectivity index (χ4n) is 3.05. The van der Waals surface area contributed by atoms with Crippen molar-refractivity contribution in [2.24, 2.45) is 0 Å². The van der Waals surface area contributed by atoms with Gasteiger partial charge in [0.25, 0.3) is 0 Å². The normalized spacial score (nSPS) is 9.88. The van der Waals surface area contributed by atoms with E-state index in [1.54, 1.807) is 12.4 Å². The molecule has 0 saturated carbocycles. The van der Waals surface area contributed by atoms with E-state index in [-0.39, 0.29) is 0 Å². The molecular weight excluding hydrogens is 540 g/mol. The Labute approximate surface area is 210 Å². The van der Waals surface area contributed by atoms with Crippen molar-refractivity contribution in [3.63, 3.8) is 0 Å². The van der Waals surface area contributed by atoms with Crippen LogP contribution in [-0.2, 0) is 0 Å². The summed E-state index contributed by atoms with van der Waals surface area (Å²) in [5.41, 5.74) is 4.77. The number of alkyl halides is 1. The van der Waals surface area contributed by atoms with Gasteiger partial charge in [-0.1, -0.05) is 76.0 Å². The summed E-state index contributed by atoms with van der Waals surface area (Å²) in [6, 6.07) is 23.5. The summed E-state index contributed by atoms with van der Waals surface area (Å²) >= 11 is 7.02. The van der Waals surface area contributed by atoms with Crippen LogP contribution in [0.3, 0.4) is 0 Å². The molecule has 0 unspecified atom stereocenters. The molecule has 0 saturated heterocycles. The molecular formula is C28H18Br2N2O. The van der Waals surface area contributed by atoms with Gasteiger partial charge in [-0.3, -0.25) is 4.98 Å². The van der Waals surface area contributed by atoms with Gasteiger partial charge >= 0.3 is 0 Å². The van der Waals surface area contributed by atoms with Gasteiger partial charge in [-0.05, 0) is 52.3 Å². The lowest BCUT2D eigenvalue weighted by atomic mass is 10.1. The van der Waals surface area contributed by atoms with Crippen LogP contribution in [0.1, 0.15) is 22.3 Å². The summed E-state index contributed by atoms with van der Waals surface area (Å²) in [5, 5.41) is 0.686. The van der Waals surface area contributed by atoms with Crippen LogP contribution in [0.25, 0.3) is 11.4 Å². The number of aromatic nitrogens is 2. The second-order valence-corrected chi connectivity index (χ2v) is 8.47. The van der Waals surface area contributed by atoms with Crippen molar-refractivity contribution >= 4 is 31.9 Å². The van der Waals surface area contributed by atoms with E-state index in [2.05, 4.69) is 65.5 Å². The predicted molar refractivity (Wildman–Crippen MR) is 139 cm³/mol. The number of rotatable bonds is 4. The SMILES string of the molecule is BrCCOc1c(-c2ccccn2)ncc(Br)c1C#Cc1ccccc1C#Cc1ccccc1. The van der Waals surface area contributed by atoms with E-state index < -0.39 is 0 Å². The van der Waals surface area contributed by atoms with Crippen LogP contribution in [0.15, 0.2) is 89.7 Å². The summed E-state index contributed by atoms with van der Waals surface area (Å²) in [5.74, 6) is 13.6. The summed E-state index contributed by atoms with van der Waals surface area (Å²) in [6.45, 7) is 0.478. The maximum Gasteiger partial charge on any atom is 0.163 e. The molecule has 33 heavy (non-hydrogen) atoms. The topological polar surface area (TPSA) is 35.0 Å². The quantitative estimate of drug-likeness (QED) is 0.213. The van der Waals surface area contributed by atoms with E-state index in [1.807, 2.05) is 72.8 Å². The number of hydrogen-bond acceptors (Lipinski definition) is 3. The first kappa shape index (κ1) is 22.8. The molecule has 2 aromatic carbocycles. The van der Waals surface area contributed by atoms with Crippen molar-refractivity contribution < 1.29 is 4.74 Å². The highest BCUT2D eigenvalue weighted by atomic mass is 79.9. The van der Waals surface area contributed by atoms with Crippen LogP contribution in [0.2, 0.25) is 0 Å². The zero-order valence-electron chi connectivity index (χ0n) is 17.6.